The van der Waals surface area contributed by atoms with Crippen LogP contribution in [0, 0.1) is 17.8 Å². The second kappa shape index (κ2) is 23.1. The fraction of sp³-hybridized carbons (Fsp3) is 0.756. The second-order valence-electron chi connectivity index (χ2n) is 15.6. The summed E-state index contributed by atoms with van der Waals surface area (Å²) in [5.74, 6) is 1.46. The first-order chi connectivity index (χ1) is 25.5. The molecule has 1 aliphatic rings. The molecule has 0 aliphatic carbocycles. The van der Waals surface area contributed by atoms with Gasteiger partial charge in [-0.25, -0.2) is 0 Å². The Hall–Kier alpha value is -3.03. The summed E-state index contributed by atoms with van der Waals surface area (Å²) >= 11 is 1.64. The number of nitrogens with one attached hydrogen (secondary N) is 1. The van der Waals surface area contributed by atoms with E-state index in [4.69, 9.17) is 14.2 Å². The summed E-state index contributed by atoms with van der Waals surface area (Å²) in [4.78, 5) is 61.5. The summed E-state index contributed by atoms with van der Waals surface area (Å²) in [6.45, 7) is 11.8. The third-order valence-corrected chi connectivity index (χ3v) is 12.2. The van der Waals surface area contributed by atoms with Crippen molar-refractivity contribution in [3.05, 3.63) is 23.8 Å². The van der Waals surface area contributed by atoms with Gasteiger partial charge < -0.3 is 34.2 Å². The molecule has 1 heterocycles. The van der Waals surface area contributed by atoms with Gasteiger partial charge in [0.2, 0.25) is 23.6 Å². The molecule has 0 aromatic heterocycles. The molecule has 1 aromatic rings. The van der Waals surface area contributed by atoms with Gasteiger partial charge in [0, 0.05) is 65.0 Å². The summed E-state index contributed by atoms with van der Waals surface area (Å²) in [6, 6.07) is 5.18. The number of likely N-dealkylation sites (N-methyl/N-ethyl adjacent to an activating group) is 3. The van der Waals surface area contributed by atoms with Crippen LogP contribution in [0.4, 0.5) is 0 Å². The Morgan fingerprint density at radius 2 is 1.61 bits per heavy atom. The monoisotopic (exact) mass is 778 g/mol. The highest BCUT2D eigenvalue weighted by Gasteiger charge is 2.40. The van der Waals surface area contributed by atoms with E-state index in [-0.39, 0.29) is 77.6 Å². The lowest BCUT2D eigenvalue weighted by Gasteiger charge is -2.39. The molecule has 0 saturated carbocycles. The maximum absolute atomic E-state index is 14.1. The van der Waals surface area contributed by atoms with Crippen LogP contribution in [0.25, 0.3) is 0 Å². The fourth-order valence-corrected chi connectivity index (χ4v) is 8.62. The van der Waals surface area contributed by atoms with Gasteiger partial charge in [-0.1, -0.05) is 47.1 Å². The van der Waals surface area contributed by atoms with Crippen LogP contribution in [0.5, 0.6) is 11.5 Å². The van der Waals surface area contributed by atoms with Gasteiger partial charge in [-0.15, -0.1) is 0 Å². The van der Waals surface area contributed by atoms with Crippen LogP contribution in [-0.2, 0) is 30.3 Å². The van der Waals surface area contributed by atoms with Gasteiger partial charge in [0.15, 0.2) is 11.5 Å². The highest BCUT2D eigenvalue weighted by Crippen LogP contribution is 2.32. The molecular formula is C41H71N5O7S. The minimum atomic E-state index is -0.498. The van der Waals surface area contributed by atoms with E-state index in [1.807, 2.05) is 76.2 Å². The van der Waals surface area contributed by atoms with Crippen LogP contribution in [0.15, 0.2) is 18.2 Å². The Morgan fingerprint density at radius 3 is 2.17 bits per heavy atom. The smallest absolute Gasteiger partial charge is 0.237 e. The average molecular weight is 778 g/mol. The number of benzene rings is 1. The summed E-state index contributed by atoms with van der Waals surface area (Å²) in [5.41, 5.74) is 1.05. The molecule has 1 fully saturated rings. The van der Waals surface area contributed by atoms with Crippen molar-refractivity contribution in [2.24, 2.45) is 17.8 Å². The zero-order chi connectivity index (χ0) is 40.7. The molecule has 0 spiro atoms. The Kier molecular flexibility index (Phi) is 20.2. The predicted molar refractivity (Wildman–Crippen MR) is 218 cm³/mol. The van der Waals surface area contributed by atoms with Crippen molar-refractivity contribution in [3.8, 4) is 11.5 Å². The van der Waals surface area contributed by atoms with E-state index in [1.165, 1.54) is 0 Å². The summed E-state index contributed by atoms with van der Waals surface area (Å²) in [5, 5.41) is 3.00. The number of rotatable bonds is 23. The fourth-order valence-electron chi connectivity index (χ4n) is 7.72. The third-order valence-electron chi connectivity index (χ3n) is 11.1. The minimum absolute atomic E-state index is 0.0107. The van der Waals surface area contributed by atoms with Gasteiger partial charge in [0.1, 0.15) is 0 Å². The quantitative estimate of drug-likeness (QED) is 0.167. The minimum Gasteiger partial charge on any atom is -0.493 e. The molecule has 13 heteroatoms. The third kappa shape index (κ3) is 13.3. The molecule has 2 rings (SSSR count). The molecule has 1 aromatic carbocycles. The maximum Gasteiger partial charge on any atom is 0.237 e. The number of nitrogens with zero attached hydrogens (tertiary/aromatic N) is 4. The molecule has 1 saturated heterocycles. The number of amides is 4. The molecule has 7 unspecified atom stereocenters. The molecular weight excluding hydrogens is 707 g/mol. The first-order valence-corrected chi connectivity index (χ1v) is 20.8. The van der Waals surface area contributed by atoms with Crippen LogP contribution in [0.1, 0.15) is 78.7 Å². The summed E-state index contributed by atoms with van der Waals surface area (Å²) in [6.07, 6.45) is 5.47. The lowest BCUT2D eigenvalue weighted by molar-refractivity contribution is -0.143. The second-order valence-corrected chi connectivity index (χ2v) is 16.7. The van der Waals surface area contributed by atoms with Gasteiger partial charge >= 0.3 is 0 Å². The van der Waals surface area contributed by atoms with Crippen LogP contribution in [-0.4, -0.2) is 148 Å². The average Bonchev–Trinajstić information content (AvgIpc) is 3.64. The van der Waals surface area contributed by atoms with Gasteiger partial charge in [-0.2, -0.15) is 11.8 Å². The zero-order valence-electron chi connectivity index (χ0n) is 35.5. The maximum atomic E-state index is 14.1. The van der Waals surface area contributed by atoms with Crippen molar-refractivity contribution in [2.45, 2.75) is 109 Å². The molecule has 0 bridgehead atoms. The normalized spacial score (nSPS) is 17.8. The standard InChI is InChI=1S/C41H71N5O7S/c1-14-29(5)40(45(9)37(48)22-28(4)26-42-41(50)39(27(2)3)43(6)7)34(53-12)24-38(49)46-20-15-16-31(46)35(54-13)25-36(47)44(8)21-19-30-17-18-32(51-10)33(23-30)52-11/h17-18,23,27-29,31,34-35,39-40H,14-16,19-22,24-26H2,1-13H3,(H,42,50). The van der Waals surface area contributed by atoms with E-state index in [9.17, 15) is 19.2 Å². The number of hydrogen-bond acceptors (Lipinski definition) is 9. The Balaban J connectivity index is 2.07. The number of ether oxygens (including phenoxy) is 3. The SMILES string of the molecule is CCC(C)C(C(CC(=O)N1CCCC1C(CC(=O)N(C)CCc1ccc(OC)c(OC)c1)SC)OC)N(C)C(=O)CC(C)CNC(=O)C(C(C)C)N(C)C. The molecule has 54 heavy (non-hydrogen) atoms. The zero-order valence-corrected chi connectivity index (χ0v) is 36.3. The highest BCUT2D eigenvalue weighted by molar-refractivity contribution is 7.99. The molecule has 1 N–H and O–H groups in total. The topological polar surface area (TPSA) is 121 Å². The number of hydrogen-bond donors (Lipinski definition) is 1. The Labute approximate surface area is 330 Å². The van der Waals surface area contributed by atoms with E-state index < -0.39 is 6.10 Å². The van der Waals surface area contributed by atoms with Gasteiger partial charge in [-0.3, -0.25) is 24.1 Å². The van der Waals surface area contributed by atoms with Crippen molar-refractivity contribution in [3.63, 3.8) is 0 Å². The molecule has 0 radical (unpaired) electrons. The van der Waals surface area contributed by atoms with Crippen LogP contribution in [0.3, 0.4) is 0 Å². The van der Waals surface area contributed by atoms with E-state index >= 15 is 0 Å². The lowest BCUT2D eigenvalue weighted by atomic mass is 9.90. The first kappa shape index (κ1) is 47.1. The van der Waals surface area contributed by atoms with Crippen LogP contribution >= 0.6 is 11.8 Å². The van der Waals surface area contributed by atoms with Gasteiger partial charge in [-0.05, 0) is 75.1 Å². The van der Waals surface area contributed by atoms with Crippen molar-refractivity contribution >= 4 is 35.4 Å². The number of thioether (sulfide) groups is 1. The molecule has 1 aliphatic heterocycles. The number of methoxy groups -OCH3 is 3. The molecule has 4 amide bonds. The highest BCUT2D eigenvalue weighted by atomic mass is 32.2. The molecule has 12 nitrogen and oxygen atoms in total. The van der Waals surface area contributed by atoms with Crippen molar-refractivity contribution in [1.82, 2.24) is 24.9 Å². The largest absolute Gasteiger partial charge is 0.493 e. The van der Waals surface area contributed by atoms with E-state index in [2.05, 4.69) is 19.2 Å². The molecule has 308 valence electrons. The number of carbonyl (C=O) groups is 4. The summed E-state index contributed by atoms with van der Waals surface area (Å²) in [7, 11) is 12.3. The number of likely N-dealkylation sites (tertiary alicyclic amines) is 1. The Morgan fingerprint density at radius 1 is 0.944 bits per heavy atom. The van der Waals surface area contributed by atoms with Gasteiger partial charge in [0.05, 0.1) is 38.8 Å². The van der Waals surface area contributed by atoms with E-state index in [0.717, 1.165) is 24.8 Å². The summed E-state index contributed by atoms with van der Waals surface area (Å²) < 4.78 is 16.8. The van der Waals surface area contributed by atoms with Crippen LogP contribution < -0.4 is 14.8 Å². The first-order valence-electron chi connectivity index (χ1n) is 19.5. The molecule has 7 atom stereocenters. The van der Waals surface area contributed by atoms with Crippen molar-refractivity contribution < 1.29 is 33.4 Å². The Bertz CT molecular complexity index is 1340. The van der Waals surface area contributed by atoms with Crippen molar-refractivity contribution in [1.29, 1.82) is 0 Å². The van der Waals surface area contributed by atoms with E-state index in [0.29, 0.717) is 44.0 Å². The van der Waals surface area contributed by atoms with E-state index in [1.54, 1.807) is 49.9 Å². The number of carbonyl (C=O) groups excluding carboxylic acids is 4. The van der Waals surface area contributed by atoms with Crippen LogP contribution in [0.2, 0.25) is 0 Å². The van der Waals surface area contributed by atoms with Gasteiger partial charge in [0.25, 0.3) is 0 Å². The lowest BCUT2D eigenvalue weighted by Crippen LogP contribution is -2.52. The van der Waals surface area contributed by atoms with Crippen molar-refractivity contribution in [2.75, 3.05) is 75.4 Å². The predicted octanol–water partition coefficient (Wildman–Crippen LogP) is 4.82.